The molecule has 1 N–H and O–H groups in total. The summed E-state index contributed by atoms with van der Waals surface area (Å²) in [7, 11) is 0. The van der Waals surface area contributed by atoms with E-state index in [1.54, 1.807) is 0 Å². The van der Waals surface area contributed by atoms with Crippen LogP contribution in [0.1, 0.15) is 23.7 Å². The van der Waals surface area contributed by atoms with Crippen molar-refractivity contribution >= 4 is 46.0 Å². The number of anilines is 1. The molecule has 106 valence electrons. The summed E-state index contributed by atoms with van der Waals surface area (Å²) in [6.45, 7) is 1.72. The highest BCUT2D eigenvalue weighted by molar-refractivity contribution is 8.14. The topological polar surface area (TPSA) is 87.6 Å². The second kappa shape index (κ2) is 5.80. The third kappa shape index (κ3) is 3.10. The van der Waals surface area contributed by atoms with Gasteiger partial charge < -0.3 is 10.0 Å². The van der Waals surface area contributed by atoms with Crippen molar-refractivity contribution in [2.24, 2.45) is 0 Å². The average Bonchev–Trinajstić information content (AvgIpc) is 2.69. The van der Waals surface area contributed by atoms with E-state index in [2.05, 4.69) is 4.98 Å². The molecule has 20 heavy (non-hydrogen) atoms. The van der Waals surface area contributed by atoms with Crippen molar-refractivity contribution in [2.75, 3.05) is 11.4 Å². The quantitative estimate of drug-likeness (QED) is 0.856. The van der Waals surface area contributed by atoms with Gasteiger partial charge in [0.2, 0.25) is 5.91 Å². The monoisotopic (exact) mass is 314 g/mol. The lowest BCUT2D eigenvalue weighted by Gasteiger charge is -2.18. The number of aromatic nitrogens is 1. The van der Waals surface area contributed by atoms with Gasteiger partial charge in [-0.15, -0.1) is 0 Å². The number of thioether (sulfide) groups is 1. The molecule has 0 bridgehead atoms. The van der Waals surface area contributed by atoms with Crippen LogP contribution in [0.5, 0.6) is 0 Å². The number of carbonyl (C=O) groups is 3. The summed E-state index contributed by atoms with van der Waals surface area (Å²) in [4.78, 5) is 39.4. The first-order chi connectivity index (χ1) is 9.38. The molecule has 0 radical (unpaired) electrons. The van der Waals surface area contributed by atoms with E-state index in [9.17, 15) is 14.4 Å². The minimum absolute atomic E-state index is 0.0486. The summed E-state index contributed by atoms with van der Waals surface area (Å²) in [5.41, 5.74) is 0.130. The van der Waals surface area contributed by atoms with E-state index in [4.69, 9.17) is 16.7 Å². The normalized spacial score (nSPS) is 18.4. The van der Waals surface area contributed by atoms with Crippen molar-refractivity contribution in [1.82, 2.24) is 4.98 Å². The Labute approximate surface area is 124 Å². The molecular weight excluding hydrogens is 304 g/mol. The Morgan fingerprint density at radius 2 is 2.25 bits per heavy atom. The molecule has 2 heterocycles. The molecule has 0 saturated carbocycles. The smallest absolute Gasteiger partial charge is 0.337 e. The van der Waals surface area contributed by atoms with Crippen LogP contribution in [0, 0.1) is 0 Å². The molecular formula is C12H11ClN2O4S. The van der Waals surface area contributed by atoms with E-state index in [0.29, 0.717) is 0 Å². The Hall–Kier alpha value is -1.60. The van der Waals surface area contributed by atoms with Crippen molar-refractivity contribution < 1.29 is 19.5 Å². The molecule has 1 amide bonds. The van der Waals surface area contributed by atoms with Crippen molar-refractivity contribution in [1.29, 1.82) is 0 Å². The van der Waals surface area contributed by atoms with Gasteiger partial charge in [-0.05, 0) is 6.07 Å². The average molecular weight is 315 g/mol. The minimum atomic E-state index is -1.18. The molecule has 1 aromatic rings. The van der Waals surface area contributed by atoms with Crippen molar-refractivity contribution in [3.05, 3.63) is 23.0 Å². The Morgan fingerprint density at radius 1 is 1.55 bits per heavy atom. The highest BCUT2D eigenvalue weighted by Gasteiger charge is 2.34. The van der Waals surface area contributed by atoms with Crippen LogP contribution < -0.4 is 4.90 Å². The maximum absolute atomic E-state index is 12.0. The molecule has 1 saturated heterocycles. The molecule has 1 fully saturated rings. The largest absolute Gasteiger partial charge is 0.478 e. The van der Waals surface area contributed by atoms with Gasteiger partial charge in [-0.25, -0.2) is 9.78 Å². The lowest BCUT2D eigenvalue weighted by atomic mass is 10.2. The number of carbonyl (C=O) groups excluding carboxylic acids is 2. The van der Waals surface area contributed by atoms with Crippen LogP contribution >= 0.6 is 23.4 Å². The molecule has 2 rings (SSSR count). The van der Waals surface area contributed by atoms with Gasteiger partial charge in [-0.2, -0.15) is 0 Å². The molecule has 1 aliphatic rings. The van der Waals surface area contributed by atoms with Gasteiger partial charge in [0.05, 0.1) is 17.4 Å². The SMILES string of the molecule is CC(=O)SC1CC(=O)N(c2cnc(Cl)cc2C(=O)O)C1. The van der Waals surface area contributed by atoms with Gasteiger partial charge in [0.15, 0.2) is 5.12 Å². The maximum atomic E-state index is 12.0. The number of rotatable bonds is 3. The van der Waals surface area contributed by atoms with Crippen LogP contribution in [0.2, 0.25) is 5.15 Å². The van der Waals surface area contributed by atoms with Gasteiger partial charge in [0.25, 0.3) is 0 Å². The van der Waals surface area contributed by atoms with Crippen LogP contribution in [0.15, 0.2) is 12.3 Å². The molecule has 0 aromatic carbocycles. The first-order valence-corrected chi connectivity index (χ1v) is 7.00. The van der Waals surface area contributed by atoms with Crippen LogP contribution in [0.25, 0.3) is 0 Å². The highest BCUT2D eigenvalue weighted by Crippen LogP contribution is 2.31. The van der Waals surface area contributed by atoms with E-state index in [0.717, 1.165) is 11.8 Å². The number of aromatic carboxylic acids is 1. The Bertz CT molecular complexity index is 593. The summed E-state index contributed by atoms with van der Waals surface area (Å²) in [6.07, 6.45) is 1.47. The molecule has 1 atom stereocenters. The first kappa shape index (κ1) is 14.8. The van der Waals surface area contributed by atoms with Crippen molar-refractivity contribution in [3.63, 3.8) is 0 Å². The summed E-state index contributed by atoms with van der Waals surface area (Å²) in [6, 6.07) is 1.21. The molecule has 8 heteroatoms. The molecule has 0 aliphatic carbocycles. The van der Waals surface area contributed by atoms with E-state index < -0.39 is 5.97 Å². The number of hydrogen-bond acceptors (Lipinski definition) is 5. The van der Waals surface area contributed by atoms with Gasteiger partial charge in [-0.3, -0.25) is 9.59 Å². The van der Waals surface area contributed by atoms with Gasteiger partial charge in [0.1, 0.15) is 5.15 Å². The lowest BCUT2D eigenvalue weighted by Crippen LogP contribution is -2.27. The third-order valence-electron chi connectivity index (χ3n) is 2.79. The van der Waals surface area contributed by atoms with E-state index in [1.165, 1.54) is 24.1 Å². The molecule has 1 unspecified atom stereocenters. The number of carboxylic acids is 1. The van der Waals surface area contributed by atoms with Crippen LogP contribution in [-0.4, -0.2) is 38.9 Å². The summed E-state index contributed by atoms with van der Waals surface area (Å²) >= 11 is 6.76. The van der Waals surface area contributed by atoms with E-state index >= 15 is 0 Å². The highest BCUT2D eigenvalue weighted by atomic mass is 35.5. The lowest BCUT2D eigenvalue weighted by molar-refractivity contribution is -0.117. The van der Waals surface area contributed by atoms with Gasteiger partial charge >= 0.3 is 5.97 Å². The van der Waals surface area contributed by atoms with Gasteiger partial charge in [-0.1, -0.05) is 23.4 Å². The number of nitrogens with zero attached hydrogens (tertiary/aromatic N) is 2. The number of carboxylic acid groups (broad SMARTS) is 1. The predicted octanol–water partition coefficient (Wildman–Crippen LogP) is 1.82. The molecule has 0 spiro atoms. The summed E-state index contributed by atoms with van der Waals surface area (Å²) < 4.78 is 0. The Kier molecular flexibility index (Phi) is 4.29. The zero-order valence-electron chi connectivity index (χ0n) is 10.5. The van der Waals surface area contributed by atoms with Crippen molar-refractivity contribution in [3.8, 4) is 0 Å². The Balaban J connectivity index is 2.30. The van der Waals surface area contributed by atoms with Crippen LogP contribution in [-0.2, 0) is 9.59 Å². The molecule has 1 aliphatic heterocycles. The molecule has 6 nitrogen and oxygen atoms in total. The predicted molar refractivity (Wildman–Crippen MR) is 75.2 cm³/mol. The van der Waals surface area contributed by atoms with E-state index in [1.807, 2.05) is 0 Å². The standard InChI is InChI=1S/C12H11ClN2O4S/c1-6(16)20-7-2-11(17)15(5-7)9-4-14-10(13)3-8(9)12(18)19/h3-4,7H,2,5H2,1H3,(H,18,19). The number of halogens is 1. The Morgan fingerprint density at radius 3 is 2.85 bits per heavy atom. The zero-order chi connectivity index (χ0) is 14.9. The fourth-order valence-electron chi connectivity index (χ4n) is 2.03. The molecule has 1 aromatic heterocycles. The van der Waals surface area contributed by atoms with Crippen LogP contribution in [0.4, 0.5) is 5.69 Å². The minimum Gasteiger partial charge on any atom is -0.478 e. The van der Waals surface area contributed by atoms with Gasteiger partial charge in [0, 0.05) is 25.1 Å². The summed E-state index contributed by atoms with van der Waals surface area (Å²) in [5, 5.41) is 8.97. The second-order valence-corrected chi connectivity index (χ2v) is 6.13. The van der Waals surface area contributed by atoms with Crippen LogP contribution in [0.3, 0.4) is 0 Å². The number of amides is 1. The zero-order valence-corrected chi connectivity index (χ0v) is 12.1. The van der Waals surface area contributed by atoms with E-state index in [-0.39, 0.29) is 45.6 Å². The number of hydrogen-bond donors (Lipinski definition) is 1. The fraction of sp³-hybridized carbons (Fsp3) is 0.333. The second-order valence-electron chi connectivity index (χ2n) is 4.27. The van der Waals surface area contributed by atoms with Crippen molar-refractivity contribution in [2.45, 2.75) is 18.6 Å². The third-order valence-corrected chi connectivity index (χ3v) is 3.98. The fourth-order valence-corrected chi connectivity index (χ4v) is 3.11. The first-order valence-electron chi connectivity index (χ1n) is 5.75. The number of pyridine rings is 1. The summed E-state index contributed by atoms with van der Waals surface area (Å²) in [5.74, 6) is -1.41. The maximum Gasteiger partial charge on any atom is 0.337 e.